The average molecular weight is 260 g/mol. The second-order valence-electron chi connectivity index (χ2n) is 5.45. The minimum absolute atomic E-state index is 0.377. The Balaban J connectivity index is 1.88. The van der Waals surface area contributed by atoms with Crippen LogP contribution in [0.2, 0.25) is 0 Å². The van der Waals surface area contributed by atoms with Gasteiger partial charge in [-0.05, 0) is 38.9 Å². The molecule has 0 saturated heterocycles. The van der Waals surface area contributed by atoms with Crippen molar-refractivity contribution < 1.29 is 0 Å². The van der Waals surface area contributed by atoms with Gasteiger partial charge in [-0.15, -0.1) is 0 Å². The van der Waals surface area contributed by atoms with E-state index in [-0.39, 0.29) is 0 Å². The average Bonchev–Trinajstić information content (AvgIpc) is 3.19. The van der Waals surface area contributed by atoms with Crippen LogP contribution in [0.5, 0.6) is 0 Å². The van der Waals surface area contributed by atoms with Gasteiger partial charge in [-0.25, -0.2) is 0 Å². The number of hydrogen-bond donors (Lipinski definition) is 2. The van der Waals surface area contributed by atoms with Crippen molar-refractivity contribution in [2.45, 2.75) is 31.3 Å². The molecule has 0 aromatic heterocycles. The van der Waals surface area contributed by atoms with Crippen LogP contribution < -0.4 is 11.1 Å². The van der Waals surface area contributed by atoms with Crippen molar-refractivity contribution in [3.63, 3.8) is 0 Å². The third kappa shape index (κ3) is 4.91. The summed E-state index contributed by atoms with van der Waals surface area (Å²) in [6.07, 6.45) is 3.43. The zero-order valence-corrected chi connectivity index (χ0v) is 11.8. The molecule has 0 bridgehead atoms. The summed E-state index contributed by atoms with van der Waals surface area (Å²) in [5, 5.41) is 3.22. The Hall–Kier alpha value is -1.55. The summed E-state index contributed by atoms with van der Waals surface area (Å²) in [4.78, 5) is 6.67. The van der Waals surface area contributed by atoms with Gasteiger partial charge in [0.2, 0.25) is 0 Å². The maximum absolute atomic E-state index is 5.88. The predicted octanol–water partition coefficient (Wildman–Crippen LogP) is 1.23. The molecule has 1 aliphatic rings. The van der Waals surface area contributed by atoms with Crippen molar-refractivity contribution in [3.8, 4) is 0 Å². The van der Waals surface area contributed by atoms with Crippen LogP contribution in [0, 0.1) is 0 Å². The fraction of sp³-hybridized carbons (Fsp3) is 0.533. The number of rotatable bonds is 6. The molecule has 104 valence electrons. The zero-order chi connectivity index (χ0) is 13.7. The number of benzene rings is 1. The molecular weight excluding hydrogens is 236 g/mol. The topological polar surface area (TPSA) is 53.6 Å². The molecule has 0 spiro atoms. The van der Waals surface area contributed by atoms with Gasteiger partial charge in [-0.2, -0.15) is 0 Å². The molecule has 1 aromatic rings. The Kier molecular flexibility index (Phi) is 4.80. The van der Waals surface area contributed by atoms with Crippen LogP contribution in [0.15, 0.2) is 35.3 Å². The van der Waals surface area contributed by atoms with Crippen LogP contribution in [0.3, 0.4) is 0 Å². The Morgan fingerprint density at radius 3 is 2.63 bits per heavy atom. The van der Waals surface area contributed by atoms with Crippen molar-refractivity contribution in [2.75, 3.05) is 20.6 Å². The highest BCUT2D eigenvalue weighted by atomic mass is 15.2. The van der Waals surface area contributed by atoms with Crippen LogP contribution in [0.25, 0.3) is 0 Å². The molecule has 0 heterocycles. The number of likely N-dealkylation sites (N-methyl/N-ethyl adjacent to an activating group) is 1. The fourth-order valence-electron chi connectivity index (χ4n) is 1.98. The number of nitrogens with zero attached hydrogens (tertiary/aromatic N) is 2. The highest BCUT2D eigenvalue weighted by Gasteiger charge is 2.21. The minimum Gasteiger partial charge on any atom is -0.370 e. The van der Waals surface area contributed by atoms with E-state index in [1.165, 1.54) is 18.4 Å². The number of nitrogens with one attached hydrogen (secondary N) is 1. The molecule has 0 aliphatic heterocycles. The Morgan fingerprint density at radius 2 is 2.05 bits per heavy atom. The van der Waals surface area contributed by atoms with Crippen LogP contribution in [0.4, 0.5) is 0 Å². The molecule has 1 atom stereocenters. The molecule has 4 heteroatoms. The molecule has 4 nitrogen and oxygen atoms in total. The summed E-state index contributed by atoms with van der Waals surface area (Å²) in [7, 11) is 4.18. The first kappa shape index (κ1) is 13.9. The van der Waals surface area contributed by atoms with Gasteiger partial charge in [0.05, 0.1) is 6.54 Å². The van der Waals surface area contributed by atoms with Gasteiger partial charge in [0.1, 0.15) is 0 Å². The largest absolute Gasteiger partial charge is 0.370 e. The number of aliphatic imine (C=N–C) groups is 1. The van der Waals surface area contributed by atoms with Crippen LogP contribution in [0.1, 0.15) is 18.4 Å². The van der Waals surface area contributed by atoms with Crippen LogP contribution >= 0.6 is 0 Å². The zero-order valence-electron chi connectivity index (χ0n) is 11.8. The summed E-state index contributed by atoms with van der Waals surface area (Å²) >= 11 is 0. The van der Waals surface area contributed by atoms with E-state index in [4.69, 9.17) is 5.73 Å². The summed E-state index contributed by atoms with van der Waals surface area (Å²) in [5.41, 5.74) is 7.21. The van der Waals surface area contributed by atoms with E-state index in [1.807, 2.05) is 6.07 Å². The van der Waals surface area contributed by atoms with E-state index < -0.39 is 0 Å². The van der Waals surface area contributed by atoms with Gasteiger partial charge in [0.15, 0.2) is 5.96 Å². The maximum atomic E-state index is 5.88. The maximum Gasteiger partial charge on any atom is 0.188 e. The third-order valence-corrected chi connectivity index (χ3v) is 3.45. The Bertz CT molecular complexity index is 409. The molecule has 1 unspecified atom stereocenters. The molecule has 1 saturated carbocycles. The molecular formula is C15H24N4. The molecule has 19 heavy (non-hydrogen) atoms. The van der Waals surface area contributed by atoms with Crippen LogP contribution in [-0.4, -0.2) is 43.6 Å². The minimum atomic E-state index is 0.377. The quantitative estimate of drug-likeness (QED) is 0.597. The van der Waals surface area contributed by atoms with Crippen LogP contribution in [-0.2, 0) is 6.42 Å². The lowest BCUT2D eigenvalue weighted by atomic mass is 10.1. The van der Waals surface area contributed by atoms with E-state index >= 15 is 0 Å². The van der Waals surface area contributed by atoms with E-state index in [0.717, 1.165) is 13.0 Å². The summed E-state index contributed by atoms with van der Waals surface area (Å²) < 4.78 is 0. The number of guanidine groups is 1. The lowest BCUT2D eigenvalue weighted by Gasteiger charge is -2.23. The van der Waals surface area contributed by atoms with E-state index in [1.54, 1.807) is 0 Å². The fourth-order valence-corrected chi connectivity index (χ4v) is 1.98. The Labute approximate surface area is 115 Å². The van der Waals surface area contributed by atoms with Crippen molar-refractivity contribution in [1.29, 1.82) is 0 Å². The second kappa shape index (κ2) is 6.57. The third-order valence-electron chi connectivity index (χ3n) is 3.45. The first-order chi connectivity index (χ1) is 9.15. The van der Waals surface area contributed by atoms with Gasteiger partial charge in [-0.1, -0.05) is 30.3 Å². The second-order valence-corrected chi connectivity index (χ2v) is 5.45. The van der Waals surface area contributed by atoms with Gasteiger partial charge in [0.25, 0.3) is 0 Å². The van der Waals surface area contributed by atoms with Crippen molar-refractivity contribution in [1.82, 2.24) is 10.2 Å². The normalized spacial score (nSPS) is 17.5. The highest BCUT2D eigenvalue weighted by molar-refractivity contribution is 5.78. The standard InChI is InChI=1S/C15H24N4/c1-19(2)14(10-12-6-4-3-5-7-12)11-17-15(16)18-13-8-9-13/h3-7,13-14H,8-11H2,1-2H3,(H3,16,17,18). The first-order valence-electron chi connectivity index (χ1n) is 6.92. The van der Waals surface area contributed by atoms with Crippen molar-refractivity contribution in [3.05, 3.63) is 35.9 Å². The molecule has 2 rings (SSSR count). The lowest BCUT2D eigenvalue weighted by molar-refractivity contribution is 0.298. The SMILES string of the molecule is CN(C)C(CN=C(N)NC1CC1)Cc1ccccc1. The summed E-state index contributed by atoms with van der Waals surface area (Å²) in [6.45, 7) is 0.730. The van der Waals surface area contributed by atoms with Gasteiger partial charge in [-0.3, -0.25) is 4.99 Å². The lowest BCUT2D eigenvalue weighted by Crippen LogP contribution is -2.37. The van der Waals surface area contributed by atoms with E-state index in [0.29, 0.717) is 18.0 Å². The first-order valence-corrected chi connectivity index (χ1v) is 6.92. The predicted molar refractivity (Wildman–Crippen MR) is 80.3 cm³/mol. The smallest absolute Gasteiger partial charge is 0.188 e. The van der Waals surface area contributed by atoms with Gasteiger partial charge < -0.3 is 16.0 Å². The van der Waals surface area contributed by atoms with E-state index in [2.05, 4.69) is 53.6 Å². The van der Waals surface area contributed by atoms with Gasteiger partial charge in [0, 0.05) is 12.1 Å². The molecule has 0 amide bonds. The molecule has 1 aromatic carbocycles. The molecule has 1 fully saturated rings. The van der Waals surface area contributed by atoms with Gasteiger partial charge >= 0.3 is 0 Å². The number of nitrogens with two attached hydrogens (primary N) is 1. The Morgan fingerprint density at radius 1 is 1.37 bits per heavy atom. The summed E-state index contributed by atoms with van der Waals surface area (Å²) in [5.74, 6) is 0.586. The van der Waals surface area contributed by atoms with E-state index in [9.17, 15) is 0 Å². The van der Waals surface area contributed by atoms with Crippen molar-refractivity contribution >= 4 is 5.96 Å². The monoisotopic (exact) mass is 260 g/mol. The highest BCUT2D eigenvalue weighted by Crippen LogP contribution is 2.18. The molecule has 3 N–H and O–H groups in total. The number of hydrogen-bond acceptors (Lipinski definition) is 2. The molecule has 1 aliphatic carbocycles. The molecule has 0 radical (unpaired) electrons. The van der Waals surface area contributed by atoms with Crippen molar-refractivity contribution in [2.24, 2.45) is 10.7 Å². The summed E-state index contributed by atoms with van der Waals surface area (Å²) in [6, 6.07) is 11.5.